The van der Waals surface area contributed by atoms with E-state index in [1.165, 1.54) is 5.56 Å². The summed E-state index contributed by atoms with van der Waals surface area (Å²) in [6.45, 7) is 11.9. The number of halogens is 1. The fraction of sp³-hybridized carbons (Fsp3) is 0.600. The third-order valence-electron chi connectivity index (χ3n) is 2.82. The Bertz CT molecular complexity index is 515. The summed E-state index contributed by atoms with van der Waals surface area (Å²) in [5.74, 6) is 1.53. The molecule has 0 aliphatic carbocycles. The molecule has 1 unspecified atom stereocenters. The van der Waals surface area contributed by atoms with Crippen LogP contribution in [0.3, 0.4) is 0 Å². The van der Waals surface area contributed by atoms with Crippen LogP contribution in [0.5, 0.6) is 5.75 Å². The second kappa shape index (κ2) is 8.21. The topological polar surface area (TPSA) is 18.5 Å². The van der Waals surface area contributed by atoms with Gasteiger partial charge in [-0.05, 0) is 41.8 Å². The van der Waals surface area contributed by atoms with Crippen LogP contribution in [-0.4, -0.2) is 25.6 Å². The van der Waals surface area contributed by atoms with Crippen molar-refractivity contribution in [2.45, 2.75) is 33.1 Å². The molecule has 0 heterocycles. The third-order valence-corrected chi connectivity index (χ3v) is 7.81. The van der Waals surface area contributed by atoms with E-state index in [1.807, 2.05) is 25.7 Å². The normalized spacial score (nSPS) is 14.8. The summed E-state index contributed by atoms with van der Waals surface area (Å²) in [5.41, 5.74) is -0.693. The molecule has 0 aromatic heterocycles. The van der Waals surface area contributed by atoms with Crippen molar-refractivity contribution in [2.75, 3.05) is 25.6 Å². The molecule has 0 aliphatic rings. The molecule has 0 aliphatic heterocycles. The van der Waals surface area contributed by atoms with E-state index in [1.54, 1.807) is 11.4 Å². The van der Waals surface area contributed by atoms with Gasteiger partial charge >= 0.3 is 0 Å². The summed E-state index contributed by atoms with van der Waals surface area (Å²) in [6, 6.07) is 5.95. The Morgan fingerprint density at radius 2 is 2.00 bits per heavy atom. The van der Waals surface area contributed by atoms with Crippen molar-refractivity contribution >= 4 is 40.3 Å². The lowest BCUT2D eigenvalue weighted by molar-refractivity contribution is 0.164. The van der Waals surface area contributed by atoms with E-state index in [-0.39, 0.29) is 5.41 Å². The largest absolute Gasteiger partial charge is 0.456 e. The number of hydrogen-bond donors (Lipinski definition) is 0. The van der Waals surface area contributed by atoms with E-state index < -0.39 is 5.47 Å². The van der Waals surface area contributed by atoms with Gasteiger partial charge in [0.15, 0.2) is 5.47 Å². The first-order valence-electron chi connectivity index (χ1n) is 6.95. The zero-order chi connectivity index (χ0) is 16.1. The number of benzene rings is 1. The molecule has 0 radical (unpaired) electrons. The number of hydrogen-bond acceptors (Lipinski definition) is 4. The maximum absolute atomic E-state index is 6.34. The minimum Gasteiger partial charge on any atom is -0.456 e. The van der Waals surface area contributed by atoms with Crippen LogP contribution in [0.4, 0.5) is 0 Å². The van der Waals surface area contributed by atoms with Gasteiger partial charge in [0.2, 0.25) is 0 Å². The first-order valence-corrected chi connectivity index (χ1v) is 12.1. The van der Waals surface area contributed by atoms with Gasteiger partial charge in [0, 0.05) is 19.0 Å². The molecule has 0 saturated carbocycles. The van der Waals surface area contributed by atoms with Crippen molar-refractivity contribution < 1.29 is 9.26 Å². The van der Waals surface area contributed by atoms with Crippen molar-refractivity contribution in [3.63, 3.8) is 0 Å². The SMILES string of the molecule is CCOCCSP(C)(=S)Oc1ccc(C(C)(C)C)cc1Cl. The Hall–Kier alpha value is 0.270. The van der Waals surface area contributed by atoms with E-state index in [2.05, 4.69) is 26.8 Å². The Morgan fingerprint density at radius 3 is 2.52 bits per heavy atom. The van der Waals surface area contributed by atoms with Crippen LogP contribution in [0, 0.1) is 0 Å². The van der Waals surface area contributed by atoms with Crippen LogP contribution in [0.1, 0.15) is 33.3 Å². The maximum Gasteiger partial charge on any atom is 0.165 e. The highest BCUT2D eigenvalue weighted by molar-refractivity contribution is 8.69. The van der Waals surface area contributed by atoms with Crippen LogP contribution < -0.4 is 4.52 Å². The molecule has 1 aromatic rings. The average molecular weight is 367 g/mol. The molecule has 0 fully saturated rings. The van der Waals surface area contributed by atoms with E-state index >= 15 is 0 Å². The Kier molecular flexibility index (Phi) is 7.56. The molecule has 1 atom stereocenters. The highest BCUT2D eigenvalue weighted by Gasteiger charge is 2.18. The summed E-state index contributed by atoms with van der Waals surface area (Å²) in [6.07, 6.45) is 0. The van der Waals surface area contributed by atoms with Gasteiger partial charge in [0.1, 0.15) is 5.75 Å². The van der Waals surface area contributed by atoms with E-state index in [0.717, 1.165) is 12.4 Å². The summed E-state index contributed by atoms with van der Waals surface area (Å²) in [5, 5.41) is 0.629. The molecule has 1 rings (SSSR count). The second-order valence-electron chi connectivity index (χ2n) is 5.79. The zero-order valence-corrected chi connectivity index (χ0v) is 16.6. The monoisotopic (exact) mass is 366 g/mol. The third kappa shape index (κ3) is 6.92. The lowest BCUT2D eigenvalue weighted by Crippen LogP contribution is -2.10. The van der Waals surface area contributed by atoms with Gasteiger partial charge < -0.3 is 9.26 Å². The minimum absolute atomic E-state index is 0.0703. The van der Waals surface area contributed by atoms with Crippen molar-refractivity contribution in [2.24, 2.45) is 0 Å². The molecular weight excluding hydrogens is 343 g/mol. The standard InChI is InChI=1S/C15H24ClO2PS2/c1-6-17-9-10-21-19(5,20)18-14-8-7-12(11-13(14)16)15(2,3)4/h7-8,11H,6,9-10H2,1-5H3. The van der Waals surface area contributed by atoms with Gasteiger partial charge in [0.25, 0.3) is 0 Å². The first-order chi connectivity index (χ1) is 9.65. The van der Waals surface area contributed by atoms with E-state index in [0.29, 0.717) is 17.4 Å². The van der Waals surface area contributed by atoms with Crippen molar-refractivity contribution in [1.29, 1.82) is 0 Å². The molecule has 6 heteroatoms. The first kappa shape index (κ1) is 19.3. The molecule has 21 heavy (non-hydrogen) atoms. The molecule has 0 amide bonds. The van der Waals surface area contributed by atoms with Gasteiger partial charge in [-0.25, -0.2) is 0 Å². The van der Waals surface area contributed by atoms with Crippen molar-refractivity contribution in [3.05, 3.63) is 28.8 Å². The van der Waals surface area contributed by atoms with Gasteiger partial charge in [-0.2, -0.15) is 0 Å². The Labute approximate surface area is 142 Å². The predicted octanol–water partition coefficient (Wildman–Crippen LogP) is 5.73. The van der Waals surface area contributed by atoms with Crippen LogP contribution in [0.2, 0.25) is 5.02 Å². The fourth-order valence-electron chi connectivity index (χ4n) is 1.65. The number of rotatable bonds is 7. The molecule has 0 bridgehead atoms. The van der Waals surface area contributed by atoms with E-state index in [9.17, 15) is 0 Å². The molecular formula is C15H24ClO2PS2. The van der Waals surface area contributed by atoms with Crippen molar-refractivity contribution in [3.8, 4) is 5.75 Å². The second-order valence-corrected chi connectivity index (χ2v) is 14.2. The van der Waals surface area contributed by atoms with Gasteiger partial charge in [-0.3, -0.25) is 0 Å². The molecule has 2 nitrogen and oxygen atoms in total. The Balaban J connectivity index is 2.72. The highest BCUT2D eigenvalue weighted by Crippen LogP contribution is 2.57. The average Bonchev–Trinajstić information content (AvgIpc) is 2.36. The predicted molar refractivity (Wildman–Crippen MR) is 99.9 cm³/mol. The summed E-state index contributed by atoms with van der Waals surface area (Å²) >= 11 is 13.6. The van der Waals surface area contributed by atoms with Crippen LogP contribution >= 0.6 is 28.4 Å². The van der Waals surface area contributed by atoms with Gasteiger partial charge in [0.05, 0.1) is 11.6 Å². The lowest BCUT2D eigenvalue weighted by atomic mass is 9.87. The molecule has 0 spiro atoms. The Morgan fingerprint density at radius 1 is 1.33 bits per heavy atom. The molecule has 1 aromatic carbocycles. The highest BCUT2D eigenvalue weighted by atomic mass is 35.5. The van der Waals surface area contributed by atoms with Crippen molar-refractivity contribution in [1.82, 2.24) is 0 Å². The van der Waals surface area contributed by atoms with Gasteiger partial charge in [-0.15, -0.1) is 0 Å². The van der Waals surface area contributed by atoms with Crippen LogP contribution in [-0.2, 0) is 22.0 Å². The maximum atomic E-state index is 6.34. The summed E-state index contributed by atoms with van der Waals surface area (Å²) in [7, 11) is 0. The quantitative estimate of drug-likeness (QED) is 0.453. The smallest absolute Gasteiger partial charge is 0.165 e. The number of ether oxygens (including phenoxy) is 1. The lowest BCUT2D eigenvalue weighted by Gasteiger charge is -2.22. The minimum atomic E-state index is -1.95. The fourth-order valence-corrected chi connectivity index (χ4v) is 5.55. The molecule has 0 saturated heterocycles. The van der Waals surface area contributed by atoms with E-state index in [4.69, 9.17) is 32.7 Å². The molecule has 120 valence electrons. The van der Waals surface area contributed by atoms with Crippen LogP contribution in [0.25, 0.3) is 0 Å². The summed E-state index contributed by atoms with van der Waals surface area (Å²) in [4.78, 5) is 0. The van der Waals surface area contributed by atoms with Crippen LogP contribution in [0.15, 0.2) is 18.2 Å². The van der Waals surface area contributed by atoms with Gasteiger partial charge in [-0.1, -0.05) is 49.8 Å². The zero-order valence-electron chi connectivity index (χ0n) is 13.3. The molecule has 0 N–H and O–H groups in total. The summed E-state index contributed by atoms with van der Waals surface area (Å²) < 4.78 is 11.3.